The van der Waals surface area contributed by atoms with Crippen LogP contribution in [0.2, 0.25) is 0 Å². The Kier molecular flexibility index (Phi) is 4.58. The lowest BCUT2D eigenvalue weighted by atomic mass is 9.97. The van der Waals surface area contributed by atoms with Gasteiger partial charge >= 0.3 is 5.97 Å². The normalized spacial score (nSPS) is 15.6. The molecule has 0 unspecified atom stereocenters. The summed E-state index contributed by atoms with van der Waals surface area (Å²) >= 11 is 0. The van der Waals surface area contributed by atoms with Crippen molar-refractivity contribution >= 4 is 28.7 Å². The van der Waals surface area contributed by atoms with Gasteiger partial charge in [-0.05, 0) is 73.6 Å². The van der Waals surface area contributed by atoms with E-state index in [-0.39, 0.29) is 23.7 Å². The third-order valence-electron chi connectivity index (χ3n) is 5.46. The van der Waals surface area contributed by atoms with Crippen molar-refractivity contribution in [3.8, 4) is 11.1 Å². The Labute approximate surface area is 173 Å². The fourth-order valence-electron chi connectivity index (χ4n) is 3.32. The van der Waals surface area contributed by atoms with Crippen molar-refractivity contribution in [1.29, 1.82) is 0 Å². The number of amides is 1. The van der Waals surface area contributed by atoms with Gasteiger partial charge in [0.2, 0.25) is 0 Å². The van der Waals surface area contributed by atoms with Gasteiger partial charge in [0.05, 0.1) is 11.4 Å². The van der Waals surface area contributed by atoms with Crippen LogP contribution in [-0.4, -0.2) is 27.9 Å². The van der Waals surface area contributed by atoms with Crippen LogP contribution in [0.4, 0.5) is 5.95 Å². The highest BCUT2D eigenvalue weighted by atomic mass is 16.7. The molecule has 2 fully saturated rings. The summed E-state index contributed by atoms with van der Waals surface area (Å²) in [5.41, 5.74) is 7.01. The predicted octanol–water partition coefficient (Wildman–Crippen LogP) is 3.78. The first-order valence-electron chi connectivity index (χ1n) is 10.2. The summed E-state index contributed by atoms with van der Waals surface area (Å²) in [5, 5.41) is 3.89. The van der Waals surface area contributed by atoms with Crippen molar-refractivity contribution in [2.45, 2.75) is 38.6 Å². The van der Waals surface area contributed by atoms with Gasteiger partial charge in [-0.1, -0.05) is 12.1 Å². The van der Waals surface area contributed by atoms with Crippen molar-refractivity contribution < 1.29 is 14.4 Å². The Bertz CT molecular complexity index is 1150. The lowest BCUT2D eigenvalue weighted by Crippen LogP contribution is -2.25. The number of carbonyl (C=O) groups is 2. The summed E-state index contributed by atoms with van der Waals surface area (Å²) in [6.45, 7) is 2.03. The highest BCUT2D eigenvalue weighted by Crippen LogP contribution is 2.30. The van der Waals surface area contributed by atoms with Gasteiger partial charge in [-0.2, -0.15) is 5.48 Å². The molecule has 0 saturated heterocycles. The van der Waals surface area contributed by atoms with Gasteiger partial charge in [0, 0.05) is 23.2 Å². The molecular weight excluding hydrogens is 380 g/mol. The zero-order valence-corrected chi connectivity index (χ0v) is 16.6. The fourth-order valence-corrected chi connectivity index (χ4v) is 3.32. The minimum absolute atomic E-state index is 0.00544. The molecule has 2 N–H and O–H groups in total. The second kappa shape index (κ2) is 7.40. The van der Waals surface area contributed by atoms with E-state index in [2.05, 4.69) is 20.8 Å². The number of fused-ring (bicyclic) bond motifs is 1. The SMILES string of the molecule is Cc1ccc(C(=O)NC2CC2)cc1-c1ccc2nc(NOC(=O)C3CC3)ncc2c1. The fraction of sp³-hybridized carbons (Fsp3) is 0.304. The largest absolute Gasteiger partial charge is 0.349 e. The van der Waals surface area contributed by atoms with Gasteiger partial charge in [0.15, 0.2) is 0 Å². The molecule has 0 radical (unpaired) electrons. The first-order chi connectivity index (χ1) is 14.6. The Hall–Kier alpha value is -3.48. The van der Waals surface area contributed by atoms with E-state index < -0.39 is 0 Å². The summed E-state index contributed by atoms with van der Waals surface area (Å²) < 4.78 is 0. The molecule has 5 rings (SSSR count). The van der Waals surface area contributed by atoms with Crippen molar-refractivity contribution in [3.05, 3.63) is 53.7 Å². The number of rotatable bonds is 6. The second-order valence-corrected chi connectivity index (χ2v) is 8.04. The number of anilines is 1. The average molecular weight is 402 g/mol. The highest BCUT2D eigenvalue weighted by Gasteiger charge is 2.32. The van der Waals surface area contributed by atoms with Crippen LogP contribution in [0.5, 0.6) is 0 Å². The summed E-state index contributed by atoms with van der Waals surface area (Å²) in [6, 6.07) is 12.0. The zero-order chi connectivity index (χ0) is 20.7. The van der Waals surface area contributed by atoms with Crippen LogP contribution in [-0.2, 0) is 9.63 Å². The molecule has 7 nitrogen and oxygen atoms in total. The second-order valence-electron chi connectivity index (χ2n) is 8.04. The van der Waals surface area contributed by atoms with E-state index in [0.717, 1.165) is 53.3 Å². The van der Waals surface area contributed by atoms with Gasteiger partial charge in [-0.15, -0.1) is 0 Å². The third kappa shape index (κ3) is 3.96. The standard InChI is InChI=1S/C23H22N4O3/c1-13-2-3-16(21(28)25-18-7-8-18)11-19(13)15-6-9-20-17(10-15)12-24-23(26-20)27-30-22(29)14-4-5-14/h2-3,6,9-12,14,18H,4-5,7-8H2,1H3,(H,25,28)(H,24,26,27). The Morgan fingerprint density at radius 1 is 1.07 bits per heavy atom. The molecule has 2 saturated carbocycles. The number of nitrogens with one attached hydrogen (secondary N) is 2. The quantitative estimate of drug-likeness (QED) is 0.610. The molecule has 1 heterocycles. The minimum atomic E-state index is -0.268. The number of benzene rings is 2. The van der Waals surface area contributed by atoms with E-state index in [4.69, 9.17) is 4.84 Å². The van der Waals surface area contributed by atoms with E-state index in [0.29, 0.717) is 11.6 Å². The number of hydrogen-bond acceptors (Lipinski definition) is 6. The van der Waals surface area contributed by atoms with Gasteiger partial charge in [-0.3, -0.25) is 4.79 Å². The summed E-state index contributed by atoms with van der Waals surface area (Å²) in [5.74, 6) is -0.0421. The van der Waals surface area contributed by atoms with Gasteiger partial charge in [-0.25, -0.2) is 14.8 Å². The van der Waals surface area contributed by atoms with Crippen LogP contribution in [0, 0.1) is 12.8 Å². The molecular formula is C23H22N4O3. The van der Waals surface area contributed by atoms with Crippen LogP contribution in [0.15, 0.2) is 42.6 Å². The molecule has 2 aliphatic carbocycles. The summed E-state index contributed by atoms with van der Waals surface area (Å²) in [7, 11) is 0. The molecule has 3 aromatic rings. The van der Waals surface area contributed by atoms with Crippen molar-refractivity contribution in [2.75, 3.05) is 5.48 Å². The van der Waals surface area contributed by atoms with Crippen LogP contribution in [0.1, 0.15) is 41.6 Å². The van der Waals surface area contributed by atoms with Gasteiger partial charge < -0.3 is 10.2 Å². The lowest BCUT2D eigenvalue weighted by molar-refractivity contribution is -0.142. The maximum Gasteiger partial charge on any atom is 0.335 e. The molecule has 2 aromatic carbocycles. The van der Waals surface area contributed by atoms with Gasteiger partial charge in [0.25, 0.3) is 11.9 Å². The molecule has 1 aromatic heterocycles. The van der Waals surface area contributed by atoms with Crippen molar-refractivity contribution in [1.82, 2.24) is 15.3 Å². The Balaban J connectivity index is 1.38. The minimum Gasteiger partial charge on any atom is -0.349 e. The highest BCUT2D eigenvalue weighted by molar-refractivity contribution is 5.96. The summed E-state index contributed by atoms with van der Waals surface area (Å²) in [4.78, 5) is 37.7. The first kappa shape index (κ1) is 18.5. The summed E-state index contributed by atoms with van der Waals surface area (Å²) in [6.07, 6.45) is 5.57. The number of aromatic nitrogens is 2. The van der Waals surface area contributed by atoms with E-state index in [9.17, 15) is 9.59 Å². The predicted molar refractivity (Wildman–Crippen MR) is 113 cm³/mol. The van der Waals surface area contributed by atoms with Crippen LogP contribution >= 0.6 is 0 Å². The maximum atomic E-state index is 12.4. The molecule has 0 aliphatic heterocycles. The molecule has 0 atom stereocenters. The third-order valence-corrected chi connectivity index (χ3v) is 5.46. The number of nitrogens with zero attached hydrogens (tertiary/aromatic N) is 2. The number of aryl methyl sites for hydroxylation is 1. The smallest absolute Gasteiger partial charge is 0.335 e. The molecule has 1 amide bonds. The Morgan fingerprint density at radius 2 is 1.90 bits per heavy atom. The van der Waals surface area contributed by atoms with Crippen LogP contribution in [0.25, 0.3) is 22.0 Å². The molecule has 2 aliphatic rings. The molecule has 152 valence electrons. The van der Waals surface area contributed by atoms with E-state index in [1.165, 1.54) is 0 Å². The monoisotopic (exact) mass is 402 g/mol. The van der Waals surface area contributed by atoms with Gasteiger partial charge in [0.1, 0.15) is 0 Å². The molecule has 0 spiro atoms. The zero-order valence-electron chi connectivity index (χ0n) is 16.6. The van der Waals surface area contributed by atoms with E-state index >= 15 is 0 Å². The van der Waals surface area contributed by atoms with E-state index in [1.807, 2.05) is 43.3 Å². The number of carbonyl (C=O) groups excluding carboxylic acids is 2. The first-order valence-corrected chi connectivity index (χ1v) is 10.2. The molecule has 0 bridgehead atoms. The number of hydrogen-bond donors (Lipinski definition) is 2. The van der Waals surface area contributed by atoms with Crippen molar-refractivity contribution in [3.63, 3.8) is 0 Å². The molecule has 30 heavy (non-hydrogen) atoms. The maximum absolute atomic E-state index is 12.4. The van der Waals surface area contributed by atoms with E-state index in [1.54, 1.807) is 6.20 Å². The average Bonchev–Trinajstić information content (AvgIpc) is 3.66. The lowest BCUT2D eigenvalue weighted by Gasteiger charge is -2.11. The van der Waals surface area contributed by atoms with Crippen LogP contribution < -0.4 is 10.8 Å². The molecule has 7 heteroatoms. The van der Waals surface area contributed by atoms with Crippen molar-refractivity contribution in [2.24, 2.45) is 5.92 Å². The Morgan fingerprint density at radius 3 is 2.67 bits per heavy atom. The topological polar surface area (TPSA) is 93.2 Å². The van der Waals surface area contributed by atoms with Crippen LogP contribution in [0.3, 0.4) is 0 Å².